The zero-order valence-corrected chi connectivity index (χ0v) is 30.0. The highest BCUT2D eigenvalue weighted by Crippen LogP contribution is 2.34. The quantitative estimate of drug-likeness (QED) is 0.0275. The van der Waals surface area contributed by atoms with Crippen molar-refractivity contribution in [1.29, 1.82) is 0 Å². The Labute approximate surface area is 314 Å². The minimum absolute atomic E-state index is 0.0919. The summed E-state index contributed by atoms with van der Waals surface area (Å²) in [6, 6.07) is -4.33. The molecular weight excluding hydrogens is 736 g/mol. The predicted molar refractivity (Wildman–Crippen MR) is 189 cm³/mol. The molecule has 2 aliphatic rings. The van der Waals surface area contributed by atoms with E-state index >= 15 is 0 Å². The number of nitrogens with zero attached hydrogens (tertiary/aromatic N) is 2. The Balaban J connectivity index is 2.13. The van der Waals surface area contributed by atoms with Gasteiger partial charge in [-0.1, -0.05) is 12.2 Å². The molecule has 24 nitrogen and oxygen atoms in total. The van der Waals surface area contributed by atoms with Crippen LogP contribution in [-0.4, -0.2) is 160 Å². The lowest BCUT2D eigenvalue weighted by Gasteiger charge is -2.35. The number of carboxylic acid groups (broad SMARTS) is 2. The number of rotatable bonds is 22. The average molecular weight is 787 g/mol. The molecule has 0 fully saturated rings. The van der Waals surface area contributed by atoms with Gasteiger partial charge in [0.1, 0.15) is 37.6 Å². The lowest BCUT2D eigenvalue weighted by molar-refractivity contribution is -0.138. The molecule has 0 radical (unpaired) electrons. The van der Waals surface area contributed by atoms with E-state index in [-0.39, 0.29) is 35.9 Å². The van der Waals surface area contributed by atoms with Gasteiger partial charge in [-0.25, -0.2) is 19.6 Å². The summed E-state index contributed by atoms with van der Waals surface area (Å²) in [4.78, 5) is 81.2. The summed E-state index contributed by atoms with van der Waals surface area (Å²) in [5, 5.41) is 69.5. The van der Waals surface area contributed by atoms with Crippen LogP contribution in [0.5, 0.6) is 0 Å². The average Bonchev–Trinajstić information content (AvgIpc) is 3.70. The molecule has 10 atom stereocenters. The maximum absolute atomic E-state index is 12.7. The van der Waals surface area contributed by atoms with Gasteiger partial charge in [0.15, 0.2) is 11.9 Å². The fourth-order valence-electron chi connectivity index (χ4n) is 6.26. The third-order valence-corrected chi connectivity index (χ3v) is 8.51. The summed E-state index contributed by atoms with van der Waals surface area (Å²) < 4.78 is 11.2. The van der Waals surface area contributed by atoms with Crippen LogP contribution in [0.4, 0.5) is 0 Å². The van der Waals surface area contributed by atoms with Crippen LogP contribution in [0.15, 0.2) is 33.3 Å². The molecule has 2 rings (SSSR count). The second kappa shape index (κ2) is 21.5. The van der Waals surface area contributed by atoms with Crippen molar-refractivity contribution in [2.75, 3.05) is 33.1 Å². The number of nitrogens with one attached hydrogen (secondary N) is 4. The Hall–Kier alpha value is -5.40. The summed E-state index contributed by atoms with van der Waals surface area (Å²) >= 11 is 0. The van der Waals surface area contributed by atoms with Crippen molar-refractivity contribution < 1.29 is 68.9 Å². The van der Waals surface area contributed by atoms with Gasteiger partial charge in [0, 0.05) is 49.7 Å². The Kier molecular flexibility index (Phi) is 17.9. The van der Waals surface area contributed by atoms with Crippen molar-refractivity contribution >= 4 is 47.5 Å². The number of aliphatic hydroxyl groups is 4. The molecule has 0 unspecified atom stereocenters. The van der Waals surface area contributed by atoms with Gasteiger partial charge in [0.25, 0.3) is 0 Å². The SMILES string of the molecule is CC(=O)N[C@@H]([C@@H]1C=C(C(=O)O)C[C@H]1N=C(N)N)[C@@H](OCC(=O)NCNC(=O)CO[C@H]([C@@H](NC(C)=O)[C@@H]1C=C(C(=O)O)C[C@H]1N=C(N)N)[C@@H](O)CO)[C@@H](O)CO. The Morgan fingerprint density at radius 3 is 1.33 bits per heavy atom. The van der Waals surface area contributed by atoms with Gasteiger partial charge in [-0.2, -0.15) is 0 Å². The molecule has 0 heterocycles. The van der Waals surface area contributed by atoms with Crippen LogP contribution in [-0.2, 0) is 38.2 Å². The highest BCUT2D eigenvalue weighted by Gasteiger charge is 2.44. The van der Waals surface area contributed by atoms with Gasteiger partial charge in [-0.15, -0.1) is 0 Å². The number of nitrogens with two attached hydrogens (primary N) is 4. The number of aliphatic imine (C=N–C) groups is 2. The Morgan fingerprint density at radius 2 is 1.05 bits per heavy atom. The summed E-state index contributed by atoms with van der Waals surface area (Å²) in [7, 11) is 0. The number of amides is 4. The van der Waals surface area contributed by atoms with Crippen molar-refractivity contribution in [1.82, 2.24) is 21.3 Å². The smallest absolute Gasteiger partial charge is 0.331 e. The molecule has 0 spiro atoms. The molecule has 0 saturated carbocycles. The number of aliphatic carboxylic acids is 2. The van der Waals surface area contributed by atoms with E-state index < -0.39 is 129 Å². The van der Waals surface area contributed by atoms with E-state index in [1.54, 1.807) is 0 Å². The maximum Gasteiger partial charge on any atom is 0.331 e. The molecular formula is C31H50N10O14. The Bertz CT molecular complexity index is 1420. The summed E-state index contributed by atoms with van der Waals surface area (Å²) in [6.07, 6.45) is -4.14. The highest BCUT2D eigenvalue weighted by molar-refractivity contribution is 5.88. The maximum atomic E-state index is 12.7. The number of hydrogen-bond acceptors (Lipinski definition) is 14. The van der Waals surface area contributed by atoms with Gasteiger partial charge >= 0.3 is 11.9 Å². The number of guanidine groups is 2. The molecule has 0 aliphatic heterocycles. The van der Waals surface area contributed by atoms with Gasteiger partial charge in [0.05, 0.1) is 44.0 Å². The minimum atomic E-state index is -1.70. The first-order valence-corrected chi connectivity index (χ1v) is 16.7. The summed E-state index contributed by atoms with van der Waals surface area (Å²) in [6.45, 7) is -1.63. The molecule has 2 aliphatic carbocycles. The fourth-order valence-corrected chi connectivity index (χ4v) is 6.26. The number of ether oxygens (including phenoxy) is 2. The number of carbonyl (C=O) groups is 6. The minimum Gasteiger partial charge on any atom is -0.478 e. The standard InChI is InChI=1S/C31H50N10O14/c1-12(44)38-24(16-3-14(28(50)51)5-18(16)40-30(32)33)26(20(46)7-42)54-9-22(48)36-11-37-23(49)10-55-27(21(47)8-43)25(39-13(2)45)17-4-15(29(52)53)6-19(17)41-31(34)35/h3-4,16-21,24-27,42-43,46-47H,5-11H2,1-2H3,(H,36,48)(H,37,49)(H,38,44)(H,39,45)(H,50,51)(H,52,53)(H4,32,33,40)(H4,34,35,41)/t16-,17-,18-,19-,20+,21+,24+,25+,26+,27+/m1/s1. The summed E-state index contributed by atoms with van der Waals surface area (Å²) in [5.41, 5.74) is 21.9. The van der Waals surface area contributed by atoms with Crippen LogP contribution in [0.3, 0.4) is 0 Å². The molecule has 0 saturated heterocycles. The van der Waals surface area contributed by atoms with Crippen molar-refractivity contribution in [3.8, 4) is 0 Å². The molecule has 0 aromatic heterocycles. The van der Waals surface area contributed by atoms with Crippen molar-refractivity contribution in [3.63, 3.8) is 0 Å². The first-order valence-electron chi connectivity index (χ1n) is 16.7. The molecule has 0 bridgehead atoms. The van der Waals surface area contributed by atoms with Crippen molar-refractivity contribution in [2.24, 2.45) is 44.8 Å². The third kappa shape index (κ3) is 14.1. The van der Waals surface area contributed by atoms with E-state index in [9.17, 15) is 59.4 Å². The monoisotopic (exact) mass is 786 g/mol. The Morgan fingerprint density at radius 1 is 0.709 bits per heavy atom. The van der Waals surface area contributed by atoms with Crippen LogP contribution in [0, 0.1) is 11.8 Å². The zero-order chi connectivity index (χ0) is 41.6. The van der Waals surface area contributed by atoms with Crippen LogP contribution < -0.4 is 44.2 Å². The lowest BCUT2D eigenvalue weighted by Crippen LogP contribution is -2.56. The number of carbonyl (C=O) groups excluding carboxylic acids is 4. The predicted octanol–water partition coefficient (Wildman–Crippen LogP) is -6.99. The number of aliphatic hydroxyl groups excluding tert-OH is 4. The summed E-state index contributed by atoms with van der Waals surface area (Å²) in [5.74, 6) is -8.24. The van der Waals surface area contributed by atoms with Crippen molar-refractivity contribution in [2.45, 2.75) is 75.3 Å². The first kappa shape index (κ1) is 45.8. The highest BCUT2D eigenvalue weighted by atomic mass is 16.5. The second-order valence-corrected chi connectivity index (χ2v) is 12.7. The van der Waals surface area contributed by atoms with Crippen LogP contribution in [0.2, 0.25) is 0 Å². The molecule has 0 aromatic rings. The van der Waals surface area contributed by atoms with Gasteiger partial charge < -0.3 is 84.3 Å². The van der Waals surface area contributed by atoms with E-state index in [0.717, 1.165) is 13.8 Å². The van der Waals surface area contributed by atoms with E-state index in [2.05, 4.69) is 31.3 Å². The number of carboxylic acids is 2. The van der Waals surface area contributed by atoms with Gasteiger partial charge in [-0.05, 0) is 0 Å². The number of hydrogen-bond donors (Lipinski definition) is 14. The van der Waals surface area contributed by atoms with Crippen LogP contribution in [0.25, 0.3) is 0 Å². The first-order chi connectivity index (χ1) is 25.8. The van der Waals surface area contributed by atoms with E-state index in [0.29, 0.717) is 0 Å². The topological polar surface area (TPSA) is 419 Å². The molecule has 0 aromatic carbocycles. The second-order valence-electron chi connectivity index (χ2n) is 12.7. The van der Waals surface area contributed by atoms with E-state index in [4.69, 9.17) is 32.4 Å². The molecule has 4 amide bonds. The van der Waals surface area contributed by atoms with Gasteiger partial charge in [-0.3, -0.25) is 19.2 Å². The lowest BCUT2D eigenvalue weighted by atomic mass is 9.88. The van der Waals surface area contributed by atoms with E-state index in [1.807, 2.05) is 0 Å². The third-order valence-electron chi connectivity index (χ3n) is 8.51. The largest absolute Gasteiger partial charge is 0.478 e. The normalized spacial score (nSPS) is 22.3. The van der Waals surface area contributed by atoms with E-state index in [1.165, 1.54) is 12.2 Å². The molecule has 308 valence electrons. The molecule has 55 heavy (non-hydrogen) atoms. The fraction of sp³-hybridized carbons (Fsp3) is 0.613. The molecule has 18 N–H and O–H groups in total. The zero-order valence-electron chi connectivity index (χ0n) is 30.0. The van der Waals surface area contributed by atoms with Crippen LogP contribution in [0.1, 0.15) is 26.7 Å². The molecule has 24 heteroatoms. The van der Waals surface area contributed by atoms with Crippen molar-refractivity contribution in [3.05, 3.63) is 23.3 Å². The van der Waals surface area contributed by atoms with Gasteiger partial charge in [0.2, 0.25) is 23.6 Å². The van der Waals surface area contributed by atoms with Crippen LogP contribution >= 0.6 is 0 Å².